The molecule has 0 bridgehead atoms. The van der Waals surface area contributed by atoms with Gasteiger partial charge in [-0.05, 0) is 19.1 Å². The molecule has 5 rings (SSSR count). The first kappa shape index (κ1) is 21.9. The SMILES string of the molecule is Cc1cc(CC(=O)C2CN(c3nc4c(cc3F)c(=O)c(C(=O)O)cn4-c3nccs3)C2)nn1C. The second-order valence-electron chi connectivity index (χ2n) is 8.17. The van der Waals surface area contributed by atoms with Gasteiger partial charge in [0.05, 0.1) is 23.4 Å². The van der Waals surface area contributed by atoms with Gasteiger partial charge in [0.15, 0.2) is 22.4 Å². The van der Waals surface area contributed by atoms with Gasteiger partial charge >= 0.3 is 5.97 Å². The highest BCUT2D eigenvalue weighted by molar-refractivity contribution is 7.12. The number of anilines is 1. The minimum Gasteiger partial charge on any atom is -0.477 e. The van der Waals surface area contributed by atoms with Gasteiger partial charge in [0.2, 0.25) is 5.43 Å². The number of halogens is 1. The summed E-state index contributed by atoms with van der Waals surface area (Å²) >= 11 is 1.22. The number of carboxylic acid groups (broad SMARTS) is 1. The summed E-state index contributed by atoms with van der Waals surface area (Å²) in [6, 6.07) is 2.87. The summed E-state index contributed by atoms with van der Waals surface area (Å²) in [5.74, 6) is -2.45. The lowest BCUT2D eigenvalue weighted by Gasteiger charge is -2.39. The Balaban J connectivity index is 1.46. The van der Waals surface area contributed by atoms with Crippen molar-refractivity contribution in [3.63, 3.8) is 0 Å². The number of Topliss-reactive ketones (excluding diaryl/α,β-unsaturated/α-hetero) is 1. The van der Waals surface area contributed by atoms with Gasteiger partial charge in [-0.15, -0.1) is 11.3 Å². The third kappa shape index (κ3) is 3.65. The van der Waals surface area contributed by atoms with Gasteiger partial charge in [0, 0.05) is 43.6 Å². The highest BCUT2D eigenvalue weighted by atomic mass is 32.1. The number of nitrogens with zero attached hydrogens (tertiary/aromatic N) is 6. The minimum absolute atomic E-state index is 0.00184. The third-order valence-corrected chi connectivity index (χ3v) is 6.70. The number of aromatic carboxylic acids is 1. The summed E-state index contributed by atoms with van der Waals surface area (Å²) in [5.41, 5.74) is 0.421. The Labute approximate surface area is 195 Å². The molecule has 0 atom stereocenters. The molecule has 0 saturated carbocycles. The number of fused-ring (bicyclic) bond motifs is 1. The number of aryl methyl sites for hydroxylation is 2. The van der Waals surface area contributed by atoms with E-state index in [0.29, 0.717) is 10.8 Å². The highest BCUT2D eigenvalue weighted by Gasteiger charge is 2.35. The Kier molecular flexibility index (Phi) is 5.24. The fourth-order valence-corrected chi connectivity index (χ4v) is 4.59. The molecule has 34 heavy (non-hydrogen) atoms. The normalized spacial score (nSPS) is 13.9. The lowest BCUT2D eigenvalue weighted by molar-refractivity contribution is -0.123. The Morgan fingerprint density at radius 2 is 2.06 bits per heavy atom. The molecule has 1 fully saturated rings. The largest absolute Gasteiger partial charge is 0.477 e. The van der Waals surface area contributed by atoms with Crippen LogP contribution >= 0.6 is 11.3 Å². The second kappa shape index (κ2) is 8.13. The van der Waals surface area contributed by atoms with Crippen molar-refractivity contribution in [2.24, 2.45) is 13.0 Å². The van der Waals surface area contributed by atoms with Crippen molar-refractivity contribution in [3.05, 3.63) is 62.9 Å². The molecule has 0 spiro atoms. The average Bonchev–Trinajstić information content (AvgIpc) is 3.38. The van der Waals surface area contributed by atoms with Crippen LogP contribution in [0.4, 0.5) is 10.2 Å². The number of carboxylic acids is 1. The van der Waals surface area contributed by atoms with E-state index >= 15 is 0 Å². The molecule has 0 radical (unpaired) electrons. The number of pyridine rings is 2. The quantitative estimate of drug-likeness (QED) is 0.443. The van der Waals surface area contributed by atoms with E-state index in [0.717, 1.165) is 18.0 Å². The van der Waals surface area contributed by atoms with Crippen LogP contribution in [0.25, 0.3) is 16.2 Å². The molecule has 0 unspecified atom stereocenters. The lowest BCUT2D eigenvalue weighted by Crippen LogP contribution is -2.51. The minimum atomic E-state index is -1.42. The number of hydrogen-bond acceptors (Lipinski definition) is 8. The summed E-state index contributed by atoms with van der Waals surface area (Å²) in [5, 5.41) is 15.7. The van der Waals surface area contributed by atoms with Crippen LogP contribution in [0.3, 0.4) is 0 Å². The zero-order valence-electron chi connectivity index (χ0n) is 18.2. The van der Waals surface area contributed by atoms with Crippen LogP contribution in [0.5, 0.6) is 0 Å². The van der Waals surface area contributed by atoms with Crippen molar-refractivity contribution in [2.45, 2.75) is 13.3 Å². The molecule has 4 aromatic heterocycles. The number of aromatic nitrogens is 5. The van der Waals surface area contributed by atoms with Gasteiger partial charge in [0.25, 0.3) is 0 Å². The van der Waals surface area contributed by atoms with Gasteiger partial charge < -0.3 is 10.0 Å². The van der Waals surface area contributed by atoms with Crippen LogP contribution in [0.1, 0.15) is 21.7 Å². The highest BCUT2D eigenvalue weighted by Crippen LogP contribution is 2.29. The first-order valence-electron chi connectivity index (χ1n) is 10.4. The van der Waals surface area contributed by atoms with Crippen LogP contribution in [0, 0.1) is 18.7 Å². The molecule has 10 nitrogen and oxygen atoms in total. The average molecular weight is 482 g/mol. The maximum atomic E-state index is 15.0. The van der Waals surface area contributed by atoms with E-state index in [1.54, 1.807) is 15.0 Å². The molecule has 12 heteroatoms. The Morgan fingerprint density at radius 1 is 1.29 bits per heavy atom. The van der Waals surface area contributed by atoms with Crippen LogP contribution < -0.4 is 10.3 Å². The van der Waals surface area contributed by atoms with Crippen molar-refractivity contribution in [1.82, 2.24) is 24.3 Å². The Morgan fingerprint density at radius 3 is 2.68 bits per heavy atom. The molecular formula is C22H19FN6O4S. The lowest BCUT2D eigenvalue weighted by atomic mass is 9.92. The number of carbonyl (C=O) groups excluding carboxylic acids is 1. The van der Waals surface area contributed by atoms with Crippen LogP contribution in [0.2, 0.25) is 0 Å². The molecule has 5 heterocycles. The number of rotatable bonds is 6. The predicted octanol–water partition coefficient (Wildman–Crippen LogP) is 1.97. The molecule has 0 aromatic carbocycles. The standard InChI is InChI=1S/C22H19FN6O4S/c1-11-5-13(26-27(11)2)6-17(30)12-8-28(9-12)20-16(23)7-14-18(31)15(21(32)33)10-29(19(14)25-20)22-24-3-4-34-22/h3-5,7,10,12H,6,8-9H2,1-2H3,(H,32,33). The number of hydrogen-bond donors (Lipinski definition) is 1. The second-order valence-corrected chi connectivity index (χ2v) is 9.05. The van der Waals surface area contributed by atoms with E-state index in [9.17, 15) is 23.9 Å². The molecule has 4 aromatic rings. The smallest absolute Gasteiger partial charge is 0.341 e. The molecule has 1 N–H and O–H groups in total. The number of ketones is 1. The van der Waals surface area contributed by atoms with E-state index in [1.165, 1.54) is 22.1 Å². The Hall–Kier alpha value is -3.93. The van der Waals surface area contributed by atoms with Crippen molar-refractivity contribution < 1.29 is 19.1 Å². The van der Waals surface area contributed by atoms with E-state index in [4.69, 9.17) is 0 Å². The molecule has 0 amide bonds. The zero-order chi connectivity index (χ0) is 24.1. The third-order valence-electron chi connectivity index (χ3n) is 5.92. The maximum Gasteiger partial charge on any atom is 0.341 e. The molecule has 174 valence electrons. The monoisotopic (exact) mass is 482 g/mol. The molecule has 1 saturated heterocycles. The molecule has 1 aliphatic rings. The van der Waals surface area contributed by atoms with Gasteiger partial charge in [-0.3, -0.25) is 18.8 Å². The van der Waals surface area contributed by atoms with E-state index in [2.05, 4.69) is 15.1 Å². The van der Waals surface area contributed by atoms with Crippen LogP contribution in [-0.2, 0) is 18.3 Å². The Bertz CT molecular complexity index is 1480. The maximum absolute atomic E-state index is 15.0. The number of thiazole rings is 1. The fourth-order valence-electron chi connectivity index (χ4n) is 3.97. The number of carbonyl (C=O) groups is 2. The summed E-state index contributed by atoms with van der Waals surface area (Å²) in [7, 11) is 1.81. The van der Waals surface area contributed by atoms with E-state index < -0.39 is 22.8 Å². The van der Waals surface area contributed by atoms with Gasteiger partial charge in [-0.25, -0.2) is 19.2 Å². The first-order chi connectivity index (χ1) is 16.2. The fraction of sp³-hybridized carbons (Fsp3) is 0.273. The van der Waals surface area contributed by atoms with Crippen LogP contribution in [-0.4, -0.2) is 54.3 Å². The molecule has 0 aliphatic carbocycles. The van der Waals surface area contributed by atoms with Crippen LogP contribution in [0.15, 0.2) is 34.7 Å². The summed E-state index contributed by atoms with van der Waals surface area (Å²) in [6.07, 6.45) is 2.89. The topological polar surface area (TPSA) is 123 Å². The van der Waals surface area contributed by atoms with Crippen molar-refractivity contribution in [2.75, 3.05) is 18.0 Å². The van der Waals surface area contributed by atoms with Crippen molar-refractivity contribution >= 4 is 39.9 Å². The molecule has 1 aliphatic heterocycles. The van der Waals surface area contributed by atoms with Gasteiger partial charge in [-0.1, -0.05) is 0 Å². The van der Waals surface area contributed by atoms with E-state index in [1.807, 2.05) is 20.0 Å². The van der Waals surface area contributed by atoms with Crippen molar-refractivity contribution in [1.29, 1.82) is 0 Å². The first-order valence-corrected chi connectivity index (χ1v) is 11.3. The summed E-state index contributed by atoms with van der Waals surface area (Å²) in [4.78, 5) is 47.0. The summed E-state index contributed by atoms with van der Waals surface area (Å²) < 4.78 is 18.1. The van der Waals surface area contributed by atoms with Crippen molar-refractivity contribution in [3.8, 4) is 5.13 Å². The summed E-state index contributed by atoms with van der Waals surface area (Å²) in [6.45, 7) is 2.48. The predicted molar refractivity (Wildman–Crippen MR) is 122 cm³/mol. The van der Waals surface area contributed by atoms with E-state index in [-0.39, 0.29) is 48.1 Å². The van der Waals surface area contributed by atoms with Gasteiger partial charge in [-0.2, -0.15) is 5.10 Å². The molecular weight excluding hydrogens is 463 g/mol. The van der Waals surface area contributed by atoms with Gasteiger partial charge in [0.1, 0.15) is 11.3 Å². The zero-order valence-corrected chi connectivity index (χ0v) is 19.0.